The average molecular weight is 789 g/mol. The predicted octanol–water partition coefficient (Wildman–Crippen LogP) is 4.66. The van der Waals surface area contributed by atoms with Crippen LogP contribution in [0.5, 0.6) is 0 Å². The van der Waals surface area contributed by atoms with E-state index >= 15 is 0 Å². The van der Waals surface area contributed by atoms with Crippen molar-refractivity contribution >= 4 is 57.8 Å². The third-order valence-corrected chi connectivity index (χ3v) is 8.47. The summed E-state index contributed by atoms with van der Waals surface area (Å²) in [5.74, 6) is -1.25. The second-order valence-electron chi connectivity index (χ2n) is 9.20. The molecule has 2 N–H and O–H groups in total. The topological polar surface area (TPSA) is 119 Å². The van der Waals surface area contributed by atoms with Crippen molar-refractivity contribution in [1.82, 2.24) is 0 Å². The Kier molecular flexibility index (Phi) is 17.5. The summed E-state index contributed by atoms with van der Waals surface area (Å²) in [4.78, 5) is 48.9. The standard InChI is InChI=1S/2C15H16N2O3S.2Y/c2*1-10-9-21-13(15(19)20-3)12(10)16-14(18)11(2)17-7-5-4-6-8-17;;/h2*4-9,11H,1-3H3;;/p+2/t2*11-;;/m10../s1. The summed E-state index contributed by atoms with van der Waals surface area (Å²) >= 11 is 2.52. The van der Waals surface area contributed by atoms with Crippen LogP contribution in [0.25, 0.3) is 0 Å². The number of nitrogens with zero attached hydrogens (tertiary/aromatic N) is 2. The van der Waals surface area contributed by atoms with E-state index in [4.69, 9.17) is 9.47 Å². The van der Waals surface area contributed by atoms with Crippen LogP contribution in [0.2, 0.25) is 0 Å². The number of methoxy groups -OCH3 is 2. The third kappa shape index (κ3) is 10.4. The van der Waals surface area contributed by atoms with Crippen molar-refractivity contribution in [2.45, 2.75) is 39.8 Å². The van der Waals surface area contributed by atoms with Gasteiger partial charge in [-0.2, -0.15) is 9.13 Å². The van der Waals surface area contributed by atoms with E-state index in [-0.39, 0.29) is 89.3 Å². The van der Waals surface area contributed by atoms with Gasteiger partial charge in [0.1, 0.15) is 9.75 Å². The quantitative estimate of drug-likeness (QED) is 0.198. The fourth-order valence-corrected chi connectivity index (χ4v) is 5.60. The summed E-state index contributed by atoms with van der Waals surface area (Å²) in [5, 5.41) is 9.29. The van der Waals surface area contributed by atoms with Crippen LogP contribution < -0.4 is 19.8 Å². The molecule has 44 heavy (non-hydrogen) atoms. The number of thiophene rings is 2. The van der Waals surface area contributed by atoms with Crippen molar-refractivity contribution in [2.24, 2.45) is 0 Å². The molecule has 0 saturated carbocycles. The minimum absolute atomic E-state index is 0. The molecule has 4 rings (SSSR count). The molecule has 226 valence electrons. The summed E-state index contributed by atoms with van der Waals surface area (Å²) in [6.07, 6.45) is 7.30. The Morgan fingerprint density at radius 2 is 0.955 bits per heavy atom. The Morgan fingerprint density at radius 3 is 1.25 bits per heavy atom. The molecule has 4 aromatic heterocycles. The molecule has 2 amide bonds. The molecule has 0 spiro atoms. The van der Waals surface area contributed by atoms with Gasteiger partial charge < -0.3 is 20.1 Å². The summed E-state index contributed by atoms with van der Waals surface area (Å²) in [6, 6.07) is 10.5. The SMILES string of the molecule is COC(=O)c1scc(C)c1NC(=O)[C@@H](C)[n+]1ccccc1.COC(=O)c1scc(C)c1NC(=O)[C@H](C)[n+]1ccccc1.[Y].[Y]. The molecule has 2 radical (unpaired) electrons. The van der Waals surface area contributed by atoms with Gasteiger partial charge in [0.25, 0.3) is 11.8 Å². The molecular formula is C30H34N4O6S2Y2+2. The number of nitrogens with one attached hydrogen (secondary N) is 2. The van der Waals surface area contributed by atoms with Gasteiger partial charge in [-0.1, -0.05) is 12.1 Å². The summed E-state index contributed by atoms with van der Waals surface area (Å²) in [5.41, 5.74) is 2.75. The van der Waals surface area contributed by atoms with E-state index in [1.165, 1.54) is 36.9 Å². The smallest absolute Gasteiger partial charge is 0.350 e. The molecular weight excluding hydrogens is 754 g/mol. The zero-order valence-corrected chi connectivity index (χ0v) is 32.7. The normalized spacial score (nSPS) is 11.2. The maximum absolute atomic E-state index is 12.3. The van der Waals surface area contributed by atoms with Crippen molar-refractivity contribution in [3.05, 3.63) is 92.8 Å². The molecule has 0 aliphatic rings. The fourth-order valence-electron chi connectivity index (χ4n) is 3.75. The molecule has 14 heteroatoms. The minimum atomic E-state index is -0.441. The number of esters is 2. The summed E-state index contributed by atoms with van der Waals surface area (Å²) < 4.78 is 13.1. The van der Waals surface area contributed by atoms with Gasteiger partial charge >= 0.3 is 11.9 Å². The van der Waals surface area contributed by atoms with Crippen LogP contribution in [-0.4, -0.2) is 38.0 Å². The molecule has 0 saturated heterocycles. The van der Waals surface area contributed by atoms with Gasteiger partial charge in [0.05, 0.1) is 25.6 Å². The van der Waals surface area contributed by atoms with Crippen molar-refractivity contribution < 1.29 is 103 Å². The van der Waals surface area contributed by atoms with E-state index in [1.54, 1.807) is 23.0 Å². The van der Waals surface area contributed by atoms with E-state index in [2.05, 4.69) is 10.6 Å². The molecule has 2 atom stereocenters. The number of aryl methyl sites for hydroxylation is 2. The van der Waals surface area contributed by atoms with Crippen LogP contribution in [0.1, 0.15) is 56.4 Å². The largest absolute Gasteiger partial charge is 0.465 e. The van der Waals surface area contributed by atoms with Crippen molar-refractivity contribution in [2.75, 3.05) is 24.9 Å². The Balaban J connectivity index is 0.000000421. The summed E-state index contributed by atoms with van der Waals surface area (Å²) in [7, 11) is 2.65. The Hall–Kier alpha value is -2.21. The van der Waals surface area contributed by atoms with Gasteiger partial charge in [0.15, 0.2) is 24.8 Å². The maximum atomic E-state index is 12.3. The zero-order chi connectivity index (χ0) is 30.8. The monoisotopic (exact) mass is 788 g/mol. The first-order valence-corrected chi connectivity index (χ1v) is 14.7. The van der Waals surface area contributed by atoms with Crippen LogP contribution in [0.4, 0.5) is 11.4 Å². The Labute approximate surface area is 315 Å². The maximum Gasteiger partial charge on any atom is 0.350 e. The van der Waals surface area contributed by atoms with E-state index in [1.807, 2.05) is 85.8 Å². The molecule has 0 aliphatic heterocycles. The summed E-state index contributed by atoms with van der Waals surface area (Å²) in [6.45, 7) is 7.29. The number of anilines is 2. The molecule has 0 unspecified atom stereocenters. The van der Waals surface area contributed by atoms with E-state index in [9.17, 15) is 19.2 Å². The second kappa shape index (κ2) is 19.3. The van der Waals surface area contributed by atoms with Gasteiger partial charge in [0, 0.05) is 104 Å². The van der Waals surface area contributed by atoms with E-state index < -0.39 is 11.9 Å². The van der Waals surface area contributed by atoms with Gasteiger partial charge in [-0.25, -0.2) is 9.59 Å². The number of carbonyl (C=O) groups is 4. The van der Waals surface area contributed by atoms with Crippen LogP contribution >= 0.6 is 22.7 Å². The number of rotatable bonds is 8. The Bertz CT molecular complexity index is 1430. The van der Waals surface area contributed by atoms with Crippen LogP contribution in [0.3, 0.4) is 0 Å². The van der Waals surface area contributed by atoms with Crippen molar-refractivity contribution in [1.29, 1.82) is 0 Å². The molecule has 0 bridgehead atoms. The number of ether oxygens (including phenoxy) is 2. The third-order valence-electron chi connectivity index (χ3n) is 6.32. The van der Waals surface area contributed by atoms with E-state index in [0.29, 0.717) is 21.1 Å². The first kappa shape index (κ1) is 39.8. The zero-order valence-electron chi connectivity index (χ0n) is 25.4. The number of pyridine rings is 2. The van der Waals surface area contributed by atoms with Crippen LogP contribution in [0, 0.1) is 13.8 Å². The number of carbonyl (C=O) groups excluding carboxylic acids is 4. The van der Waals surface area contributed by atoms with Gasteiger partial charge in [-0.3, -0.25) is 9.59 Å². The molecule has 10 nitrogen and oxygen atoms in total. The molecule has 0 aliphatic carbocycles. The van der Waals surface area contributed by atoms with Gasteiger partial charge in [-0.05, 0) is 35.7 Å². The van der Waals surface area contributed by atoms with E-state index in [0.717, 1.165) is 11.1 Å². The van der Waals surface area contributed by atoms with Gasteiger partial charge in [-0.15, -0.1) is 22.7 Å². The Morgan fingerprint density at radius 1 is 0.636 bits per heavy atom. The number of hydrogen-bond acceptors (Lipinski definition) is 8. The molecule has 0 aromatic carbocycles. The van der Waals surface area contributed by atoms with Crippen molar-refractivity contribution in [3.63, 3.8) is 0 Å². The minimum Gasteiger partial charge on any atom is -0.465 e. The first-order valence-electron chi connectivity index (χ1n) is 12.9. The number of aromatic nitrogens is 2. The second-order valence-corrected chi connectivity index (χ2v) is 11.0. The van der Waals surface area contributed by atoms with Crippen LogP contribution in [0.15, 0.2) is 71.9 Å². The molecule has 4 aromatic rings. The van der Waals surface area contributed by atoms with Gasteiger partial charge in [0.2, 0.25) is 12.1 Å². The molecule has 4 heterocycles. The average Bonchev–Trinajstić information content (AvgIpc) is 3.57. The number of amides is 2. The van der Waals surface area contributed by atoms with Crippen LogP contribution in [-0.2, 0) is 84.5 Å². The predicted molar refractivity (Wildman–Crippen MR) is 161 cm³/mol. The van der Waals surface area contributed by atoms with Crippen molar-refractivity contribution in [3.8, 4) is 0 Å². The number of hydrogen-bond donors (Lipinski definition) is 2. The first-order chi connectivity index (χ1) is 20.1. The fraction of sp³-hybridized carbons (Fsp3) is 0.267. The molecule has 0 fully saturated rings.